The summed E-state index contributed by atoms with van der Waals surface area (Å²) in [6.07, 6.45) is 1.75. The lowest BCUT2D eigenvalue weighted by molar-refractivity contribution is 0.209. The van der Waals surface area contributed by atoms with Crippen molar-refractivity contribution in [3.05, 3.63) is 64.6 Å². The van der Waals surface area contributed by atoms with Crippen molar-refractivity contribution in [3.63, 3.8) is 0 Å². The van der Waals surface area contributed by atoms with E-state index in [9.17, 15) is 9.59 Å². The highest BCUT2D eigenvalue weighted by atomic mass is 16.2. The van der Waals surface area contributed by atoms with E-state index in [2.05, 4.69) is 19.2 Å². The highest BCUT2D eigenvalue weighted by Gasteiger charge is 2.62. The highest BCUT2D eigenvalue weighted by Crippen LogP contribution is 2.61. The molecular weight excluding hydrogens is 314 g/mol. The fourth-order valence-corrected chi connectivity index (χ4v) is 4.03. The molecule has 1 aromatic carbocycles. The molecule has 2 heterocycles. The van der Waals surface area contributed by atoms with E-state index in [0.717, 1.165) is 18.7 Å². The average molecular weight is 337 g/mol. The fourth-order valence-electron chi connectivity index (χ4n) is 4.03. The van der Waals surface area contributed by atoms with Gasteiger partial charge in [-0.2, -0.15) is 0 Å². The largest absolute Gasteiger partial charge is 0.324 e. The molecule has 5 nitrogen and oxygen atoms in total. The van der Waals surface area contributed by atoms with Gasteiger partial charge in [-0.1, -0.05) is 44.2 Å². The van der Waals surface area contributed by atoms with Crippen LogP contribution in [0.4, 0.5) is 10.5 Å². The first-order chi connectivity index (χ1) is 12.0. The summed E-state index contributed by atoms with van der Waals surface area (Å²) in [5, 5.41) is 2.80. The Kier molecular flexibility index (Phi) is 3.67. The third-order valence-electron chi connectivity index (χ3n) is 5.87. The zero-order valence-electron chi connectivity index (χ0n) is 14.6. The van der Waals surface area contributed by atoms with Gasteiger partial charge in [0.05, 0.1) is 6.54 Å². The molecule has 1 saturated carbocycles. The molecule has 1 aliphatic carbocycles. The zero-order chi connectivity index (χ0) is 17.6. The van der Waals surface area contributed by atoms with E-state index in [1.54, 1.807) is 22.9 Å². The monoisotopic (exact) mass is 337 g/mol. The van der Waals surface area contributed by atoms with Gasteiger partial charge in [0.25, 0.3) is 5.56 Å². The van der Waals surface area contributed by atoms with Crippen LogP contribution in [0.5, 0.6) is 0 Å². The zero-order valence-corrected chi connectivity index (χ0v) is 14.6. The minimum Gasteiger partial charge on any atom is -0.324 e. The summed E-state index contributed by atoms with van der Waals surface area (Å²) in [6.45, 7) is 6.59. The number of urea groups is 1. The van der Waals surface area contributed by atoms with Gasteiger partial charge >= 0.3 is 6.03 Å². The first-order valence-corrected chi connectivity index (χ1v) is 8.76. The number of amides is 2. The Morgan fingerprint density at radius 1 is 1.12 bits per heavy atom. The van der Waals surface area contributed by atoms with Crippen LogP contribution in [-0.4, -0.2) is 28.6 Å². The molecule has 0 spiro atoms. The van der Waals surface area contributed by atoms with Gasteiger partial charge in [-0.25, -0.2) is 4.79 Å². The van der Waals surface area contributed by atoms with E-state index in [1.165, 1.54) is 0 Å². The number of hydrogen-bond acceptors (Lipinski definition) is 2. The predicted octanol–water partition coefficient (Wildman–Crippen LogP) is 3.02. The van der Waals surface area contributed by atoms with E-state index < -0.39 is 0 Å². The maximum absolute atomic E-state index is 12.6. The van der Waals surface area contributed by atoms with Crippen molar-refractivity contribution < 1.29 is 4.79 Å². The third kappa shape index (κ3) is 2.84. The third-order valence-corrected chi connectivity index (χ3v) is 5.87. The Morgan fingerprint density at radius 2 is 1.80 bits per heavy atom. The molecule has 25 heavy (non-hydrogen) atoms. The fraction of sp³-hybridized carbons (Fsp3) is 0.400. The number of rotatable bonds is 3. The molecule has 130 valence electrons. The van der Waals surface area contributed by atoms with Gasteiger partial charge in [-0.3, -0.25) is 4.79 Å². The molecule has 2 unspecified atom stereocenters. The first kappa shape index (κ1) is 15.9. The SMILES string of the molecule is CC1(C)C2CN(C(=O)Nc3cccn(Cc4ccccc4)c3=O)CC21. The minimum absolute atomic E-state index is 0.169. The first-order valence-electron chi connectivity index (χ1n) is 8.76. The molecule has 1 aliphatic heterocycles. The van der Waals surface area contributed by atoms with Crippen molar-refractivity contribution >= 4 is 11.7 Å². The summed E-state index contributed by atoms with van der Waals surface area (Å²) in [4.78, 5) is 26.9. The van der Waals surface area contributed by atoms with E-state index in [0.29, 0.717) is 29.5 Å². The lowest BCUT2D eigenvalue weighted by Gasteiger charge is -2.22. The Bertz CT molecular complexity index is 843. The van der Waals surface area contributed by atoms with Crippen LogP contribution in [0, 0.1) is 17.3 Å². The smallest absolute Gasteiger partial charge is 0.322 e. The molecule has 0 bridgehead atoms. The number of hydrogen-bond donors (Lipinski definition) is 1. The Hall–Kier alpha value is -2.56. The summed E-state index contributed by atoms with van der Waals surface area (Å²) >= 11 is 0. The number of nitrogens with zero attached hydrogens (tertiary/aromatic N) is 2. The van der Waals surface area contributed by atoms with Crippen molar-refractivity contribution in [2.75, 3.05) is 18.4 Å². The lowest BCUT2D eigenvalue weighted by atomic mass is 10.1. The molecule has 1 saturated heterocycles. The van der Waals surface area contributed by atoms with Crippen molar-refractivity contribution in [1.82, 2.24) is 9.47 Å². The lowest BCUT2D eigenvalue weighted by Crippen LogP contribution is -2.38. The normalized spacial score (nSPS) is 23.2. The van der Waals surface area contributed by atoms with Gasteiger partial charge in [0.1, 0.15) is 5.69 Å². The second-order valence-electron chi connectivity index (χ2n) is 7.71. The molecule has 2 atom stereocenters. The minimum atomic E-state index is -0.176. The number of benzene rings is 1. The summed E-state index contributed by atoms with van der Waals surface area (Å²) in [5.41, 5.74) is 1.58. The van der Waals surface area contributed by atoms with E-state index >= 15 is 0 Å². The molecule has 2 fully saturated rings. The number of carbonyl (C=O) groups excluding carboxylic acids is 1. The van der Waals surface area contributed by atoms with Gasteiger partial charge in [0, 0.05) is 19.3 Å². The maximum Gasteiger partial charge on any atom is 0.322 e. The highest BCUT2D eigenvalue weighted by molar-refractivity contribution is 5.89. The van der Waals surface area contributed by atoms with Gasteiger partial charge in [0.2, 0.25) is 0 Å². The van der Waals surface area contributed by atoms with Crippen molar-refractivity contribution in [3.8, 4) is 0 Å². The molecule has 2 amide bonds. The summed E-state index contributed by atoms with van der Waals surface area (Å²) in [6, 6.07) is 13.1. The molecule has 4 rings (SSSR count). The topological polar surface area (TPSA) is 54.3 Å². The Morgan fingerprint density at radius 3 is 2.48 bits per heavy atom. The number of carbonyl (C=O) groups is 1. The number of anilines is 1. The number of likely N-dealkylation sites (tertiary alicyclic amines) is 1. The standard InChI is InChI=1S/C20H23N3O2/c1-20(2)15-12-23(13-16(15)20)19(25)21-17-9-6-10-22(18(17)24)11-14-7-4-3-5-8-14/h3-10,15-16H,11-13H2,1-2H3,(H,21,25). The summed E-state index contributed by atoms with van der Waals surface area (Å²) < 4.78 is 1.62. The second kappa shape index (κ2) is 5.76. The van der Waals surface area contributed by atoms with Crippen LogP contribution < -0.4 is 10.9 Å². The molecule has 2 aliphatic rings. The average Bonchev–Trinajstić information content (AvgIpc) is 2.96. The molecule has 2 aromatic rings. The predicted molar refractivity (Wildman–Crippen MR) is 97.6 cm³/mol. The number of piperidine rings is 1. The molecular formula is C20H23N3O2. The number of fused-ring (bicyclic) bond motifs is 1. The Labute approximate surface area is 147 Å². The van der Waals surface area contributed by atoms with Crippen LogP contribution in [0.25, 0.3) is 0 Å². The van der Waals surface area contributed by atoms with E-state index in [1.807, 2.05) is 35.2 Å². The molecule has 5 heteroatoms. The van der Waals surface area contributed by atoms with Crippen LogP contribution in [0.1, 0.15) is 19.4 Å². The van der Waals surface area contributed by atoms with Crippen LogP contribution in [0.15, 0.2) is 53.5 Å². The van der Waals surface area contributed by atoms with Crippen LogP contribution in [0.2, 0.25) is 0 Å². The van der Waals surface area contributed by atoms with Gasteiger partial charge in [-0.05, 0) is 34.9 Å². The van der Waals surface area contributed by atoms with Crippen LogP contribution >= 0.6 is 0 Å². The van der Waals surface area contributed by atoms with Crippen LogP contribution in [-0.2, 0) is 6.54 Å². The number of pyridine rings is 1. The van der Waals surface area contributed by atoms with E-state index in [4.69, 9.17) is 0 Å². The molecule has 1 N–H and O–H groups in total. The van der Waals surface area contributed by atoms with Gasteiger partial charge < -0.3 is 14.8 Å². The van der Waals surface area contributed by atoms with Crippen LogP contribution in [0.3, 0.4) is 0 Å². The van der Waals surface area contributed by atoms with Crippen molar-refractivity contribution in [2.45, 2.75) is 20.4 Å². The maximum atomic E-state index is 12.6. The van der Waals surface area contributed by atoms with Crippen molar-refractivity contribution in [2.24, 2.45) is 17.3 Å². The summed E-state index contributed by atoms with van der Waals surface area (Å²) in [7, 11) is 0. The number of aromatic nitrogens is 1. The molecule has 1 aromatic heterocycles. The Balaban J connectivity index is 1.45. The van der Waals surface area contributed by atoms with Gasteiger partial charge in [-0.15, -0.1) is 0 Å². The number of nitrogens with one attached hydrogen (secondary N) is 1. The summed E-state index contributed by atoms with van der Waals surface area (Å²) in [5.74, 6) is 1.20. The van der Waals surface area contributed by atoms with Crippen molar-refractivity contribution in [1.29, 1.82) is 0 Å². The van der Waals surface area contributed by atoms with Gasteiger partial charge in [0.15, 0.2) is 0 Å². The molecule has 0 radical (unpaired) electrons. The van der Waals surface area contributed by atoms with E-state index in [-0.39, 0.29) is 11.6 Å². The second-order valence-corrected chi connectivity index (χ2v) is 7.71. The quantitative estimate of drug-likeness (QED) is 0.936.